The Morgan fingerprint density at radius 3 is 2.44 bits per heavy atom. The third-order valence-electron chi connectivity index (χ3n) is 2.64. The van der Waals surface area contributed by atoms with Gasteiger partial charge in [0, 0.05) is 5.41 Å². The van der Waals surface area contributed by atoms with Crippen molar-refractivity contribution >= 4 is 17.6 Å². The van der Waals surface area contributed by atoms with Crippen LogP contribution in [0.4, 0.5) is 8.78 Å². The first-order valence-corrected chi connectivity index (χ1v) is 5.52. The zero-order chi connectivity index (χ0) is 14.1. The van der Waals surface area contributed by atoms with Gasteiger partial charge in [-0.2, -0.15) is 4.39 Å². The van der Waals surface area contributed by atoms with Gasteiger partial charge >= 0.3 is 5.97 Å². The van der Waals surface area contributed by atoms with Gasteiger partial charge in [0.05, 0.1) is 18.6 Å². The van der Waals surface area contributed by atoms with Gasteiger partial charge in [-0.3, -0.25) is 4.79 Å². The molecule has 0 aromatic heterocycles. The van der Waals surface area contributed by atoms with Crippen molar-refractivity contribution in [3.05, 3.63) is 28.3 Å². The van der Waals surface area contributed by atoms with Gasteiger partial charge in [-0.15, -0.1) is 0 Å². The second-order valence-corrected chi connectivity index (χ2v) is 4.93. The summed E-state index contributed by atoms with van der Waals surface area (Å²) >= 11 is 5.77. The molecule has 0 unspecified atom stereocenters. The Labute approximate surface area is 108 Å². The molecule has 0 aliphatic carbocycles. The highest BCUT2D eigenvalue weighted by molar-refractivity contribution is 6.32. The molecule has 0 atom stereocenters. The average molecular weight is 279 g/mol. The summed E-state index contributed by atoms with van der Waals surface area (Å²) in [6.07, 6.45) is -0.341. The molecule has 6 heteroatoms. The van der Waals surface area contributed by atoms with Gasteiger partial charge in [0.1, 0.15) is 0 Å². The monoisotopic (exact) mass is 278 g/mol. The molecule has 0 heterocycles. The summed E-state index contributed by atoms with van der Waals surface area (Å²) in [6, 6.07) is 1.20. The van der Waals surface area contributed by atoms with Crippen molar-refractivity contribution in [2.24, 2.45) is 0 Å². The molecule has 1 rings (SSSR count). The van der Waals surface area contributed by atoms with Crippen molar-refractivity contribution in [3.8, 4) is 5.75 Å². The second kappa shape index (κ2) is 5.10. The maximum Gasteiger partial charge on any atom is 0.304 e. The van der Waals surface area contributed by atoms with Crippen molar-refractivity contribution < 1.29 is 23.4 Å². The lowest BCUT2D eigenvalue weighted by atomic mass is 9.81. The van der Waals surface area contributed by atoms with Crippen LogP contribution >= 0.6 is 11.6 Å². The summed E-state index contributed by atoms with van der Waals surface area (Å²) in [6.45, 7) is 3.00. The Hall–Kier alpha value is -1.36. The number of carboxylic acids is 1. The van der Waals surface area contributed by atoms with Crippen molar-refractivity contribution in [1.29, 1.82) is 0 Å². The smallest absolute Gasteiger partial charge is 0.304 e. The molecule has 1 aromatic carbocycles. The van der Waals surface area contributed by atoms with Gasteiger partial charge < -0.3 is 9.84 Å². The lowest BCUT2D eigenvalue weighted by Crippen LogP contribution is -2.24. The first-order chi connectivity index (χ1) is 8.20. The van der Waals surface area contributed by atoms with Crippen LogP contribution in [0.25, 0.3) is 0 Å². The molecular weight excluding hydrogens is 266 g/mol. The third-order valence-corrected chi connectivity index (χ3v) is 2.92. The first-order valence-electron chi connectivity index (χ1n) is 5.14. The minimum absolute atomic E-state index is 0.0896. The molecule has 1 N–H and O–H groups in total. The zero-order valence-corrected chi connectivity index (χ0v) is 10.9. The van der Waals surface area contributed by atoms with E-state index in [0.29, 0.717) is 0 Å². The number of benzene rings is 1. The van der Waals surface area contributed by atoms with E-state index in [0.717, 1.165) is 0 Å². The molecule has 0 aliphatic heterocycles. The molecule has 0 fully saturated rings. The molecular formula is C12H13ClF2O3. The SMILES string of the molecule is COc1c(Cl)cc(C(C)(C)CC(=O)O)c(F)c1F. The lowest BCUT2D eigenvalue weighted by molar-refractivity contribution is -0.138. The predicted molar refractivity (Wildman–Crippen MR) is 63.2 cm³/mol. The fourth-order valence-electron chi connectivity index (χ4n) is 1.73. The van der Waals surface area contributed by atoms with Crippen LogP contribution in [0.5, 0.6) is 5.75 Å². The molecule has 0 radical (unpaired) electrons. The number of methoxy groups -OCH3 is 1. The maximum atomic E-state index is 13.9. The Morgan fingerprint density at radius 2 is 2.00 bits per heavy atom. The second-order valence-electron chi connectivity index (χ2n) is 4.52. The summed E-state index contributed by atoms with van der Waals surface area (Å²) in [7, 11) is 1.17. The maximum absolute atomic E-state index is 13.9. The van der Waals surface area contributed by atoms with Crippen molar-refractivity contribution in [3.63, 3.8) is 0 Å². The molecule has 0 saturated heterocycles. The van der Waals surface area contributed by atoms with Gasteiger partial charge in [-0.25, -0.2) is 4.39 Å². The Balaban J connectivity index is 3.39. The van der Waals surface area contributed by atoms with Crippen molar-refractivity contribution in [2.75, 3.05) is 7.11 Å². The molecule has 0 aliphatic rings. The number of ether oxygens (including phenoxy) is 1. The van der Waals surface area contributed by atoms with Crippen LogP contribution < -0.4 is 4.74 Å². The molecule has 0 bridgehead atoms. The van der Waals surface area contributed by atoms with E-state index in [1.54, 1.807) is 0 Å². The number of carboxylic acid groups (broad SMARTS) is 1. The standard InChI is InChI=1S/C12H13ClF2O3/c1-12(2,5-8(16)17)6-4-7(13)11(18-3)10(15)9(6)14/h4H,5H2,1-3H3,(H,16,17). The minimum Gasteiger partial charge on any atom is -0.492 e. The van der Waals surface area contributed by atoms with E-state index in [-0.39, 0.29) is 22.8 Å². The first kappa shape index (κ1) is 14.7. The van der Waals surface area contributed by atoms with Gasteiger partial charge in [0.2, 0.25) is 5.82 Å². The average Bonchev–Trinajstić information content (AvgIpc) is 2.22. The normalized spacial score (nSPS) is 11.4. The van der Waals surface area contributed by atoms with E-state index in [1.807, 2.05) is 0 Å². The summed E-state index contributed by atoms with van der Waals surface area (Å²) in [5, 5.41) is 8.67. The zero-order valence-electron chi connectivity index (χ0n) is 10.2. The number of carbonyl (C=O) groups is 1. The fourth-order valence-corrected chi connectivity index (χ4v) is 2.00. The Morgan fingerprint density at radius 1 is 1.44 bits per heavy atom. The van der Waals surface area contributed by atoms with Crippen LogP contribution in [0.3, 0.4) is 0 Å². The quantitative estimate of drug-likeness (QED) is 0.859. The molecule has 3 nitrogen and oxygen atoms in total. The van der Waals surface area contributed by atoms with Gasteiger partial charge in [0.15, 0.2) is 11.6 Å². The van der Waals surface area contributed by atoms with Crippen LogP contribution in [0.2, 0.25) is 5.02 Å². The summed E-state index contributed by atoms with van der Waals surface area (Å²) in [4.78, 5) is 10.7. The summed E-state index contributed by atoms with van der Waals surface area (Å²) in [5.74, 6) is -3.84. The number of hydrogen-bond acceptors (Lipinski definition) is 2. The molecule has 1 aromatic rings. The number of halogens is 3. The molecule has 0 amide bonds. The topological polar surface area (TPSA) is 46.5 Å². The van der Waals surface area contributed by atoms with E-state index in [2.05, 4.69) is 4.74 Å². The van der Waals surface area contributed by atoms with E-state index in [1.165, 1.54) is 27.0 Å². The largest absolute Gasteiger partial charge is 0.492 e. The molecule has 18 heavy (non-hydrogen) atoms. The summed E-state index contributed by atoms with van der Waals surface area (Å²) < 4.78 is 32.2. The number of aliphatic carboxylic acids is 1. The number of hydrogen-bond donors (Lipinski definition) is 1. The molecule has 100 valence electrons. The van der Waals surface area contributed by atoms with E-state index in [4.69, 9.17) is 16.7 Å². The highest BCUT2D eigenvalue weighted by Crippen LogP contribution is 2.38. The Bertz CT molecular complexity index is 487. The van der Waals surface area contributed by atoms with Crippen LogP contribution in [0, 0.1) is 11.6 Å². The van der Waals surface area contributed by atoms with Crippen molar-refractivity contribution in [2.45, 2.75) is 25.7 Å². The highest BCUT2D eigenvalue weighted by Gasteiger charge is 2.31. The molecule has 0 saturated carbocycles. The lowest BCUT2D eigenvalue weighted by Gasteiger charge is -2.24. The third kappa shape index (κ3) is 2.72. The van der Waals surface area contributed by atoms with E-state index < -0.39 is 23.0 Å². The van der Waals surface area contributed by atoms with Crippen LogP contribution in [0.1, 0.15) is 25.8 Å². The van der Waals surface area contributed by atoms with Gasteiger partial charge in [-0.05, 0) is 11.6 Å². The Kier molecular flexibility index (Phi) is 4.16. The van der Waals surface area contributed by atoms with E-state index in [9.17, 15) is 13.6 Å². The van der Waals surface area contributed by atoms with Crippen molar-refractivity contribution in [1.82, 2.24) is 0 Å². The van der Waals surface area contributed by atoms with E-state index >= 15 is 0 Å². The van der Waals surface area contributed by atoms with Gasteiger partial charge in [0.25, 0.3) is 0 Å². The summed E-state index contributed by atoms with van der Waals surface area (Å²) in [5.41, 5.74) is -1.17. The van der Waals surface area contributed by atoms with Crippen LogP contribution in [-0.2, 0) is 10.2 Å². The molecule has 0 spiro atoms. The minimum atomic E-state index is -1.21. The van der Waals surface area contributed by atoms with Gasteiger partial charge in [-0.1, -0.05) is 25.4 Å². The predicted octanol–water partition coefficient (Wildman–Crippen LogP) is 3.38. The highest BCUT2D eigenvalue weighted by atomic mass is 35.5. The van der Waals surface area contributed by atoms with Crippen LogP contribution in [0.15, 0.2) is 6.07 Å². The van der Waals surface area contributed by atoms with Crippen LogP contribution in [-0.4, -0.2) is 18.2 Å². The number of rotatable bonds is 4. The fraction of sp³-hybridized carbons (Fsp3) is 0.417.